The lowest BCUT2D eigenvalue weighted by atomic mass is 10.00. The van der Waals surface area contributed by atoms with Gasteiger partial charge in [0.25, 0.3) is 0 Å². The molecule has 1 saturated heterocycles. The van der Waals surface area contributed by atoms with E-state index in [1.807, 2.05) is 4.90 Å². The number of hydrogen-bond donors (Lipinski definition) is 0. The monoisotopic (exact) mass is 225 g/mol. The summed E-state index contributed by atoms with van der Waals surface area (Å²) in [6.45, 7) is 0.888. The van der Waals surface area contributed by atoms with Crippen LogP contribution in [0, 0.1) is 0 Å². The standard InChI is InChI=1S/C12H16ClNO/c13-8-3-6-12(15)14-9-7-10-4-1-2-5-11(10)14/h1-2,4,11H,3,5-9H2. The van der Waals surface area contributed by atoms with Crippen LogP contribution in [-0.4, -0.2) is 29.3 Å². The summed E-state index contributed by atoms with van der Waals surface area (Å²) in [4.78, 5) is 13.9. The van der Waals surface area contributed by atoms with Crippen LogP contribution in [0.15, 0.2) is 23.8 Å². The number of allylic oxidation sites excluding steroid dienone is 2. The first-order valence-corrected chi connectivity index (χ1v) is 6.07. The van der Waals surface area contributed by atoms with Crippen molar-refractivity contribution in [3.05, 3.63) is 23.8 Å². The van der Waals surface area contributed by atoms with Gasteiger partial charge >= 0.3 is 0 Å². The maximum atomic E-state index is 11.9. The minimum atomic E-state index is 0.263. The van der Waals surface area contributed by atoms with E-state index in [4.69, 9.17) is 11.6 Å². The van der Waals surface area contributed by atoms with Crippen molar-refractivity contribution in [2.24, 2.45) is 0 Å². The lowest BCUT2D eigenvalue weighted by molar-refractivity contribution is -0.131. The Morgan fingerprint density at radius 3 is 3.27 bits per heavy atom. The number of nitrogens with zero attached hydrogens (tertiary/aromatic N) is 1. The van der Waals surface area contributed by atoms with Gasteiger partial charge in [-0.25, -0.2) is 0 Å². The van der Waals surface area contributed by atoms with E-state index in [2.05, 4.69) is 18.2 Å². The Balaban J connectivity index is 1.97. The predicted molar refractivity (Wildman–Crippen MR) is 61.9 cm³/mol. The summed E-state index contributed by atoms with van der Waals surface area (Å²) in [5.41, 5.74) is 1.41. The van der Waals surface area contributed by atoms with Gasteiger partial charge in [-0.3, -0.25) is 4.79 Å². The van der Waals surface area contributed by atoms with E-state index in [-0.39, 0.29) is 5.91 Å². The summed E-state index contributed by atoms with van der Waals surface area (Å²) in [7, 11) is 0. The number of carbonyl (C=O) groups is 1. The van der Waals surface area contributed by atoms with Crippen molar-refractivity contribution < 1.29 is 4.79 Å². The summed E-state index contributed by atoms with van der Waals surface area (Å²) in [6.07, 6.45) is 9.80. The van der Waals surface area contributed by atoms with E-state index in [0.29, 0.717) is 18.3 Å². The molecule has 0 aromatic heterocycles. The summed E-state index contributed by atoms with van der Waals surface area (Å²) >= 11 is 5.60. The summed E-state index contributed by atoms with van der Waals surface area (Å²) in [6, 6.07) is 0.345. The van der Waals surface area contributed by atoms with E-state index in [9.17, 15) is 4.79 Å². The molecule has 1 unspecified atom stereocenters. The van der Waals surface area contributed by atoms with Gasteiger partial charge < -0.3 is 4.90 Å². The molecule has 0 saturated carbocycles. The molecule has 0 aromatic carbocycles. The Hall–Kier alpha value is -0.760. The highest BCUT2D eigenvalue weighted by Crippen LogP contribution is 2.29. The molecular weight excluding hydrogens is 210 g/mol. The minimum absolute atomic E-state index is 0.263. The number of rotatable bonds is 3. The molecule has 1 aliphatic carbocycles. The molecule has 0 N–H and O–H groups in total. The number of alkyl halides is 1. The maximum Gasteiger partial charge on any atom is 0.223 e. The summed E-state index contributed by atoms with van der Waals surface area (Å²) in [5, 5.41) is 0. The minimum Gasteiger partial charge on any atom is -0.335 e. The molecular formula is C12H16ClNO. The highest BCUT2D eigenvalue weighted by Gasteiger charge is 2.31. The quantitative estimate of drug-likeness (QED) is 0.676. The molecule has 82 valence electrons. The molecule has 0 spiro atoms. The van der Waals surface area contributed by atoms with Crippen molar-refractivity contribution in [2.45, 2.75) is 31.7 Å². The van der Waals surface area contributed by atoms with Crippen molar-refractivity contribution in [1.82, 2.24) is 4.90 Å². The molecule has 2 rings (SSSR count). The van der Waals surface area contributed by atoms with Crippen LogP contribution in [0.1, 0.15) is 25.7 Å². The molecule has 1 aliphatic heterocycles. The topological polar surface area (TPSA) is 20.3 Å². The molecule has 0 radical (unpaired) electrons. The zero-order valence-electron chi connectivity index (χ0n) is 8.79. The van der Waals surface area contributed by atoms with Gasteiger partial charge in [0.1, 0.15) is 0 Å². The fourth-order valence-corrected chi connectivity index (χ4v) is 2.44. The van der Waals surface area contributed by atoms with Crippen molar-refractivity contribution in [2.75, 3.05) is 12.4 Å². The Kier molecular flexibility index (Phi) is 3.47. The number of halogens is 1. The SMILES string of the molecule is O=C(CCCCl)N1CCC2=CC=CCC21. The lowest BCUT2D eigenvalue weighted by Gasteiger charge is -2.25. The third kappa shape index (κ3) is 2.25. The second-order valence-corrected chi connectivity index (χ2v) is 4.43. The smallest absolute Gasteiger partial charge is 0.223 e. The second-order valence-electron chi connectivity index (χ2n) is 4.05. The van der Waals surface area contributed by atoms with E-state index < -0.39 is 0 Å². The molecule has 1 heterocycles. The average molecular weight is 226 g/mol. The molecule has 2 nitrogen and oxygen atoms in total. The van der Waals surface area contributed by atoms with Crippen LogP contribution in [0.5, 0.6) is 0 Å². The molecule has 0 bridgehead atoms. The number of carbonyl (C=O) groups excluding carboxylic acids is 1. The van der Waals surface area contributed by atoms with E-state index >= 15 is 0 Å². The van der Waals surface area contributed by atoms with Gasteiger partial charge in [0.2, 0.25) is 5.91 Å². The van der Waals surface area contributed by atoms with Crippen LogP contribution in [0.2, 0.25) is 0 Å². The first-order valence-electron chi connectivity index (χ1n) is 5.54. The van der Waals surface area contributed by atoms with Crippen molar-refractivity contribution in [1.29, 1.82) is 0 Å². The van der Waals surface area contributed by atoms with Gasteiger partial charge in [-0.2, -0.15) is 0 Å². The molecule has 1 fully saturated rings. The predicted octanol–water partition coefficient (Wildman–Crippen LogP) is 2.49. The number of amides is 1. The van der Waals surface area contributed by atoms with Crippen LogP contribution >= 0.6 is 11.6 Å². The Labute approximate surface area is 95.6 Å². The largest absolute Gasteiger partial charge is 0.335 e. The fourth-order valence-electron chi connectivity index (χ4n) is 2.30. The Morgan fingerprint density at radius 1 is 1.60 bits per heavy atom. The Morgan fingerprint density at radius 2 is 2.47 bits per heavy atom. The van der Waals surface area contributed by atoms with Gasteiger partial charge in [-0.15, -0.1) is 11.6 Å². The van der Waals surface area contributed by atoms with Gasteiger partial charge in [0, 0.05) is 18.8 Å². The van der Waals surface area contributed by atoms with Gasteiger partial charge in [0.15, 0.2) is 0 Å². The van der Waals surface area contributed by atoms with Crippen LogP contribution in [0.3, 0.4) is 0 Å². The third-order valence-corrected chi connectivity index (χ3v) is 3.36. The van der Waals surface area contributed by atoms with Crippen molar-refractivity contribution in [3.63, 3.8) is 0 Å². The molecule has 15 heavy (non-hydrogen) atoms. The summed E-state index contributed by atoms with van der Waals surface area (Å²) in [5.74, 6) is 0.840. The Bertz CT molecular complexity index is 309. The number of fused-ring (bicyclic) bond motifs is 1. The molecule has 0 aromatic rings. The second kappa shape index (κ2) is 4.84. The first kappa shape index (κ1) is 10.7. The lowest BCUT2D eigenvalue weighted by Crippen LogP contribution is -2.36. The number of hydrogen-bond acceptors (Lipinski definition) is 1. The zero-order valence-corrected chi connectivity index (χ0v) is 9.54. The third-order valence-electron chi connectivity index (χ3n) is 3.10. The normalized spacial score (nSPS) is 23.9. The number of likely N-dealkylation sites (tertiary alicyclic amines) is 1. The van der Waals surface area contributed by atoms with Crippen LogP contribution in [-0.2, 0) is 4.79 Å². The van der Waals surface area contributed by atoms with Crippen LogP contribution in [0.4, 0.5) is 0 Å². The van der Waals surface area contributed by atoms with E-state index in [0.717, 1.165) is 25.8 Å². The van der Waals surface area contributed by atoms with Crippen molar-refractivity contribution >= 4 is 17.5 Å². The molecule has 1 amide bonds. The molecule has 1 atom stereocenters. The fraction of sp³-hybridized carbons (Fsp3) is 0.583. The summed E-state index contributed by atoms with van der Waals surface area (Å²) < 4.78 is 0. The van der Waals surface area contributed by atoms with E-state index in [1.165, 1.54) is 5.57 Å². The van der Waals surface area contributed by atoms with Gasteiger partial charge in [-0.05, 0) is 24.8 Å². The van der Waals surface area contributed by atoms with Crippen LogP contribution in [0.25, 0.3) is 0 Å². The average Bonchev–Trinajstić information content (AvgIpc) is 2.69. The highest BCUT2D eigenvalue weighted by atomic mass is 35.5. The first-order chi connectivity index (χ1) is 7.33. The maximum absolute atomic E-state index is 11.9. The highest BCUT2D eigenvalue weighted by molar-refractivity contribution is 6.17. The van der Waals surface area contributed by atoms with Gasteiger partial charge in [-0.1, -0.05) is 18.2 Å². The molecule has 2 aliphatic rings. The zero-order chi connectivity index (χ0) is 10.7. The van der Waals surface area contributed by atoms with Crippen molar-refractivity contribution in [3.8, 4) is 0 Å². The van der Waals surface area contributed by atoms with Crippen LogP contribution < -0.4 is 0 Å². The van der Waals surface area contributed by atoms with Gasteiger partial charge in [0.05, 0.1) is 6.04 Å². The van der Waals surface area contributed by atoms with E-state index in [1.54, 1.807) is 0 Å². The molecule has 3 heteroatoms.